The fraction of sp³-hybridized carbons (Fsp3) is 0.545. The third kappa shape index (κ3) is 8.45. The lowest BCUT2D eigenvalue weighted by molar-refractivity contribution is -0.159. The van der Waals surface area contributed by atoms with Gasteiger partial charge in [0.15, 0.2) is 15.7 Å². The van der Waals surface area contributed by atoms with E-state index < -0.39 is 27.6 Å². The minimum atomic E-state index is -3.58. The third-order valence-electron chi connectivity index (χ3n) is 5.45. The van der Waals surface area contributed by atoms with Gasteiger partial charge >= 0.3 is 18.0 Å². The van der Waals surface area contributed by atoms with E-state index in [4.69, 9.17) is 29.1 Å². The Balaban J connectivity index is 0.000000678. The molecule has 2 N–H and O–H groups in total. The van der Waals surface area contributed by atoms with Crippen molar-refractivity contribution in [1.82, 2.24) is 15.0 Å². The maximum absolute atomic E-state index is 14.0. The Hall–Kier alpha value is -3.26. The molecular formula is C22H31FN4O8S. The molecule has 1 saturated heterocycles. The molecular weight excluding hydrogens is 499 g/mol. The molecule has 0 spiro atoms. The molecule has 14 heteroatoms. The Bertz CT molecular complexity index is 1130. The average Bonchev–Trinajstić information content (AvgIpc) is 3.29. The molecule has 200 valence electrons. The van der Waals surface area contributed by atoms with Crippen LogP contribution in [0.5, 0.6) is 5.75 Å². The Morgan fingerprint density at radius 2 is 1.75 bits per heavy atom. The van der Waals surface area contributed by atoms with Crippen LogP contribution in [0, 0.1) is 5.82 Å². The van der Waals surface area contributed by atoms with Crippen LogP contribution >= 0.6 is 0 Å². The van der Waals surface area contributed by atoms with Crippen LogP contribution in [0.3, 0.4) is 0 Å². The molecule has 12 nitrogen and oxygen atoms in total. The van der Waals surface area contributed by atoms with Gasteiger partial charge in [0.1, 0.15) is 16.5 Å². The van der Waals surface area contributed by atoms with Gasteiger partial charge in [0.2, 0.25) is 0 Å². The maximum atomic E-state index is 14.0. The Labute approximate surface area is 208 Å². The molecule has 0 bridgehead atoms. The predicted octanol–water partition coefficient (Wildman–Crippen LogP) is 1.87. The topological polar surface area (TPSA) is 163 Å². The van der Waals surface area contributed by atoms with Crippen molar-refractivity contribution in [2.24, 2.45) is 0 Å². The second-order valence-corrected chi connectivity index (χ2v) is 10.6. The normalized spacial score (nSPS) is 15.2. The van der Waals surface area contributed by atoms with E-state index in [9.17, 15) is 12.8 Å². The van der Waals surface area contributed by atoms with E-state index in [1.54, 1.807) is 0 Å². The van der Waals surface area contributed by atoms with Gasteiger partial charge in [-0.25, -0.2) is 22.4 Å². The first-order valence-corrected chi connectivity index (χ1v) is 13.1. The van der Waals surface area contributed by atoms with Crippen LogP contribution in [0.4, 0.5) is 10.4 Å². The summed E-state index contributed by atoms with van der Waals surface area (Å²) in [6, 6.07) is 4.72. The van der Waals surface area contributed by atoms with Gasteiger partial charge in [0.05, 0.1) is 6.61 Å². The zero-order chi connectivity index (χ0) is 27.0. The SMILES string of the molecule is CC(C)c1noc(N2CCN(C(C)CCOc3ccc(S(C)(=O)=O)c(F)c3)CC2)n1.O=C(O)C(=O)O. The standard InChI is InChI=1S/C20H29FN4O4S.C2H2O4/c1-14(2)19-22-20(29-23-19)25-10-8-24(9-11-25)15(3)7-12-28-16-5-6-18(17(21)13-16)30(4,26)27;3-1(4)2(5)6/h5-6,13-15H,7-12H2,1-4H3;(H,3,4)(H,5,6). The molecule has 0 radical (unpaired) electrons. The lowest BCUT2D eigenvalue weighted by Crippen LogP contribution is -2.50. The summed E-state index contributed by atoms with van der Waals surface area (Å²) in [7, 11) is -3.58. The summed E-state index contributed by atoms with van der Waals surface area (Å²) in [6.07, 6.45) is 1.75. The van der Waals surface area contributed by atoms with Crippen molar-refractivity contribution in [2.45, 2.75) is 44.0 Å². The molecule has 0 saturated carbocycles. The van der Waals surface area contributed by atoms with Gasteiger partial charge in [-0.15, -0.1) is 0 Å². The van der Waals surface area contributed by atoms with Crippen LogP contribution in [0.1, 0.15) is 38.9 Å². The van der Waals surface area contributed by atoms with Crippen LogP contribution < -0.4 is 9.64 Å². The molecule has 36 heavy (non-hydrogen) atoms. The van der Waals surface area contributed by atoms with Crippen LogP contribution in [0.15, 0.2) is 27.6 Å². The number of hydrogen-bond donors (Lipinski definition) is 2. The summed E-state index contributed by atoms with van der Waals surface area (Å²) in [5, 5.41) is 18.8. The Kier molecular flexibility index (Phi) is 10.2. The smallest absolute Gasteiger partial charge is 0.414 e. The first-order chi connectivity index (χ1) is 16.8. The van der Waals surface area contributed by atoms with Gasteiger partial charge in [-0.05, 0) is 25.5 Å². The molecule has 1 aromatic heterocycles. The highest BCUT2D eigenvalue weighted by Crippen LogP contribution is 2.22. The Morgan fingerprint density at radius 1 is 1.14 bits per heavy atom. The van der Waals surface area contributed by atoms with Gasteiger partial charge in [0.25, 0.3) is 0 Å². The number of sulfone groups is 1. The zero-order valence-electron chi connectivity index (χ0n) is 20.5. The van der Waals surface area contributed by atoms with Crippen molar-refractivity contribution in [3.8, 4) is 5.75 Å². The third-order valence-corrected chi connectivity index (χ3v) is 6.58. The molecule has 1 aliphatic heterocycles. The minimum Gasteiger partial charge on any atom is -0.493 e. The van der Waals surface area contributed by atoms with Crippen molar-refractivity contribution in [3.05, 3.63) is 29.8 Å². The summed E-state index contributed by atoms with van der Waals surface area (Å²) < 4.78 is 47.9. The molecule has 1 unspecified atom stereocenters. The molecule has 1 aliphatic rings. The van der Waals surface area contributed by atoms with Gasteiger partial charge in [-0.2, -0.15) is 4.98 Å². The number of aromatic nitrogens is 2. The Morgan fingerprint density at radius 3 is 2.22 bits per heavy atom. The van der Waals surface area contributed by atoms with E-state index in [1.807, 2.05) is 13.8 Å². The second kappa shape index (κ2) is 12.6. The lowest BCUT2D eigenvalue weighted by Gasteiger charge is -2.37. The van der Waals surface area contributed by atoms with E-state index in [0.29, 0.717) is 24.4 Å². The molecule has 2 heterocycles. The quantitative estimate of drug-likeness (QED) is 0.477. The van der Waals surface area contributed by atoms with Crippen molar-refractivity contribution in [1.29, 1.82) is 0 Å². The first-order valence-electron chi connectivity index (χ1n) is 11.2. The molecule has 0 amide bonds. The van der Waals surface area contributed by atoms with Crippen molar-refractivity contribution < 1.29 is 41.9 Å². The number of ether oxygens (including phenoxy) is 1. The van der Waals surface area contributed by atoms with E-state index in [1.165, 1.54) is 12.1 Å². The van der Waals surface area contributed by atoms with Gasteiger partial charge in [-0.3, -0.25) is 4.90 Å². The molecule has 0 aliphatic carbocycles. The second-order valence-electron chi connectivity index (χ2n) is 8.57. The number of anilines is 1. The van der Waals surface area contributed by atoms with E-state index >= 15 is 0 Å². The predicted molar refractivity (Wildman–Crippen MR) is 127 cm³/mol. The minimum absolute atomic E-state index is 0.236. The highest BCUT2D eigenvalue weighted by Gasteiger charge is 2.24. The maximum Gasteiger partial charge on any atom is 0.414 e. The number of piperazine rings is 1. The van der Waals surface area contributed by atoms with Gasteiger partial charge < -0.3 is 24.4 Å². The summed E-state index contributed by atoms with van der Waals surface area (Å²) in [4.78, 5) is 26.8. The fourth-order valence-corrected chi connectivity index (χ4v) is 4.07. The fourth-order valence-electron chi connectivity index (χ4n) is 3.35. The van der Waals surface area contributed by atoms with Crippen molar-refractivity contribution in [3.63, 3.8) is 0 Å². The number of rotatable bonds is 8. The number of carboxylic acids is 2. The summed E-state index contributed by atoms with van der Waals surface area (Å²) >= 11 is 0. The van der Waals surface area contributed by atoms with Crippen LogP contribution in [0.25, 0.3) is 0 Å². The monoisotopic (exact) mass is 530 g/mol. The lowest BCUT2D eigenvalue weighted by atomic mass is 10.2. The highest BCUT2D eigenvalue weighted by atomic mass is 32.2. The van der Waals surface area contributed by atoms with Gasteiger partial charge in [0, 0.05) is 50.5 Å². The molecule has 2 aromatic rings. The summed E-state index contributed by atoms with van der Waals surface area (Å²) in [6.45, 7) is 9.98. The first kappa shape index (κ1) is 29.0. The number of carbonyl (C=O) groups is 2. The van der Waals surface area contributed by atoms with Crippen molar-refractivity contribution in [2.75, 3.05) is 43.9 Å². The van der Waals surface area contributed by atoms with Crippen molar-refractivity contribution >= 4 is 27.8 Å². The number of nitrogens with zero attached hydrogens (tertiary/aromatic N) is 4. The summed E-state index contributed by atoms with van der Waals surface area (Å²) in [5.41, 5.74) is 0. The zero-order valence-corrected chi connectivity index (χ0v) is 21.4. The number of benzene rings is 1. The number of carboxylic acid groups (broad SMARTS) is 2. The van der Waals surface area contributed by atoms with Gasteiger partial charge in [-0.1, -0.05) is 19.0 Å². The van der Waals surface area contributed by atoms with Crippen LogP contribution in [-0.4, -0.2) is 90.7 Å². The van der Waals surface area contributed by atoms with Crippen LogP contribution in [-0.2, 0) is 19.4 Å². The number of halogens is 1. The molecule has 1 fully saturated rings. The molecule has 3 rings (SSSR count). The highest BCUT2D eigenvalue weighted by molar-refractivity contribution is 7.90. The van der Waals surface area contributed by atoms with E-state index in [-0.39, 0.29) is 10.8 Å². The molecule has 1 aromatic carbocycles. The number of hydrogen-bond acceptors (Lipinski definition) is 10. The largest absolute Gasteiger partial charge is 0.493 e. The number of aliphatic carboxylic acids is 2. The average molecular weight is 531 g/mol. The van der Waals surface area contributed by atoms with E-state index in [2.05, 4.69) is 26.9 Å². The summed E-state index contributed by atoms with van der Waals surface area (Å²) in [5.74, 6) is -3.15. The molecule has 1 atom stereocenters. The van der Waals surface area contributed by atoms with Crippen LogP contribution in [0.2, 0.25) is 0 Å². The van der Waals surface area contributed by atoms with E-state index in [0.717, 1.165) is 50.7 Å².